The molecule has 106 valence electrons. The smallest absolute Gasteiger partial charge is 0.126 e. The van der Waals surface area contributed by atoms with Gasteiger partial charge in [0.2, 0.25) is 0 Å². The third-order valence-electron chi connectivity index (χ3n) is 3.73. The summed E-state index contributed by atoms with van der Waals surface area (Å²) in [5.41, 5.74) is 1.91. The van der Waals surface area contributed by atoms with Crippen molar-refractivity contribution in [1.82, 2.24) is 0 Å². The molecule has 0 aromatic heterocycles. The van der Waals surface area contributed by atoms with Gasteiger partial charge < -0.3 is 19.5 Å². The Hall–Kier alpha value is -1.26. The van der Waals surface area contributed by atoms with E-state index >= 15 is 0 Å². The van der Waals surface area contributed by atoms with Crippen molar-refractivity contribution >= 4 is 5.69 Å². The lowest BCUT2D eigenvalue weighted by atomic mass is 10.0. The molecule has 0 saturated carbocycles. The highest BCUT2D eigenvalue weighted by molar-refractivity contribution is 5.60. The van der Waals surface area contributed by atoms with Crippen molar-refractivity contribution in [2.24, 2.45) is 0 Å². The van der Waals surface area contributed by atoms with Gasteiger partial charge in [-0.3, -0.25) is 0 Å². The molecule has 4 nitrogen and oxygen atoms in total. The Morgan fingerprint density at radius 2 is 2.16 bits per heavy atom. The SMILES string of the molecule is COc1cccc(N2CCCC(OC)C2)c1[C@H](C)O. The second kappa shape index (κ2) is 6.26. The van der Waals surface area contributed by atoms with Gasteiger partial charge in [0.15, 0.2) is 0 Å². The summed E-state index contributed by atoms with van der Waals surface area (Å²) in [5, 5.41) is 10.0. The molecule has 19 heavy (non-hydrogen) atoms. The van der Waals surface area contributed by atoms with Crippen LogP contribution in [0, 0.1) is 0 Å². The summed E-state index contributed by atoms with van der Waals surface area (Å²) >= 11 is 0. The highest BCUT2D eigenvalue weighted by atomic mass is 16.5. The lowest BCUT2D eigenvalue weighted by Crippen LogP contribution is -2.39. The molecule has 1 aromatic carbocycles. The van der Waals surface area contributed by atoms with Crippen molar-refractivity contribution in [2.45, 2.75) is 32.0 Å². The Bertz CT molecular complexity index is 420. The zero-order valence-electron chi connectivity index (χ0n) is 11.9. The molecular formula is C15H23NO3. The van der Waals surface area contributed by atoms with E-state index in [1.54, 1.807) is 21.1 Å². The third-order valence-corrected chi connectivity index (χ3v) is 3.73. The van der Waals surface area contributed by atoms with Crippen LogP contribution < -0.4 is 9.64 Å². The van der Waals surface area contributed by atoms with Gasteiger partial charge in [0.05, 0.1) is 19.3 Å². The fourth-order valence-corrected chi connectivity index (χ4v) is 2.76. The van der Waals surface area contributed by atoms with Gasteiger partial charge in [0.1, 0.15) is 5.75 Å². The Labute approximate surface area is 114 Å². The van der Waals surface area contributed by atoms with Crippen molar-refractivity contribution in [3.05, 3.63) is 23.8 Å². The van der Waals surface area contributed by atoms with Crippen molar-refractivity contribution in [3.63, 3.8) is 0 Å². The van der Waals surface area contributed by atoms with Gasteiger partial charge in [-0.25, -0.2) is 0 Å². The van der Waals surface area contributed by atoms with E-state index in [1.165, 1.54) is 0 Å². The molecule has 1 aliphatic rings. The van der Waals surface area contributed by atoms with Gasteiger partial charge >= 0.3 is 0 Å². The van der Waals surface area contributed by atoms with Crippen molar-refractivity contribution < 1.29 is 14.6 Å². The average molecular weight is 265 g/mol. The molecule has 2 atom stereocenters. The first-order valence-corrected chi connectivity index (χ1v) is 6.80. The van der Waals surface area contributed by atoms with Gasteiger partial charge in [-0.05, 0) is 31.9 Å². The van der Waals surface area contributed by atoms with E-state index in [2.05, 4.69) is 4.90 Å². The summed E-state index contributed by atoms with van der Waals surface area (Å²) in [6.45, 7) is 3.63. The molecule has 0 aliphatic carbocycles. The maximum Gasteiger partial charge on any atom is 0.126 e. The number of hydrogen-bond acceptors (Lipinski definition) is 4. The summed E-state index contributed by atoms with van der Waals surface area (Å²) in [6, 6.07) is 5.91. The van der Waals surface area contributed by atoms with Crippen LogP contribution in [-0.4, -0.2) is 38.5 Å². The second-order valence-electron chi connectivity index (χ2n) is 5.02. The molecule has 1 aliphatic heterocycles. The first kappa shape index (κ1) is 14.2. The summed E-state index contributed by atoms with van der Waals surface area (Å²) in [4.78, 5) is 2.28. The Morgan fingerprint density at radius 1 is 1.37 bits per heavy atom. The molecule has 1 N–H and O–H groups in total. The highest BCUT2D eigenvalue weighted by Crippen LogP contribution is 2.35. The minimum absolute atomic E-state index is 0.266. The Balaban J connectivity index is 2.33. The largest absolute Gasteiger partial charge is 0.496 e. The number of anilines is 1. The summed E-state index contributed by atoms with van der Waals surface area (Å²) in [5.74, 6) is 0.743. The van der Waals surface area contributed by atoms with Crippen LogP contribution in [0.2, 0.25) is 0 Å². The van der Waals surface area contributed by atoms with Gasteiger partial charge in [0.25, 0.3) is 0 Å². The third kappa shape index (κ3) is 3.01. The quantitative estimate of drug-likeness (QED) is 0.907. The van der Waals surface area contributed by atoms with Gasteiger partial charge in [-0.1, -0.05) is 6.07 Å². The minimum atomic E-state index is -0.547. The number of hydrogen-bond donors (Lipinski definition) is 1. The van der Waals surface area contributed by atoms with Crippen LogP contribution >= 0.6 is 0 Å². The van der Waals surface area contributed by atoms with E-state index in [1.807, 2.05) is 18.2 Å². The van der Waals surface area contributed by atoms with E-state index in [-0.39, 0.29) is 6.10 Å². The lowest BCUT2D eigenvalue weighted by molar-refractivity contribution is 0.0890. The topological polar surface area (TPSA) is 41.9 Å². The number of aliphatic hydroxyl groups is 1. The molecule has 2 rings (SSSR count). The van der Waals surface area contributed by atoms with Crippen molar-refractivity contribution in [3.8, 4) is 5.75 Å². The summed E-state index contributed by atoms with van der Waals surface area (Å²) < 4.78 is 10.8. The molecule has 0 bridgehead atoms. The van der Waals surface area contributed by atoms with Crippen LogP contribution in [0.15, 0.2) is 18.2 Å². The maximum atomic E-state index is 10.0. The number of benzene rings is 1. The van der Waals surface area contributed by atoms with Gasteiger partial charge in [-0.15, -0.1) is 0 Å². The fourth-order valence-electron chi connectivity index (χ4n) is 2.76. The van der Waals surface area contributed by atoms with E-state index in [0.29, 0.717) is 0 Å². The molecule has 1 aromatic rings. The molecule has 1 fully saturated rings. The Morgan fingerprint density at radius 3 is 2.79 bits per heavy atom. The van der Waals surface area contributed by atoms with Crippen LogP contribution in [0.5, 0.6) is 5.75 Å². The number of aliphatic hydroxyl groups excluding tert-OH is 1. The van der Waals surface area contributed by atoms with Crippen molar-refractivity contribution in [1.29, 1.82) is 0 Å². The maximum absolute atomic E-state index is 10.0. The molecule has 0 amide bonds. The predicted octanol–water partition coefficient (Wildman–Crippen LogP) is 2.36. The molecule has 1 saturated heterocycles. The number of methoxy groups -OCH3 is 2. The standard InChI is InChI=1S/C15H23NO3/c1-11(17)15-13(7-4-8-14(15)19-3)16-9-5-6-12(10-16)18-2/h4,7-8,11-12,17H,5-6,9-10H2,1-3H3/t11-,12?/m0/s1. The zero-order valence-corrected chi connectivity index (χ0v) is 11.9. The molecule has 1 unspecified atom stereocenters. The number of nitrogens with zero attached hydrogens (tertiary/aromatic N) is 1. The van der Waals surface area contributed by atoms with Crippen molar-refractivity contribution in [2.75, 3.05) is 32.2 Å². The van der Waals surface area contributed by atoms with Crippen LogP contribution in [0.4, 0.5) is 5.69 Å². The van der Waals surface area contributed by atoms with E-state index in [9.17, 15) is 5.11 Å². The second-order valence-corrected chi connectivity index (χ2v) is 5.02. The van der Waals surface area contributed by atoms with E-state index in [0.717, 1.165) is 42.9 Å². The molecule has 4 heteroatoms. The normalized spacial score (nSPS) is 21.3. The lowest BCUT2D eigenvalue weighted by Gasteiger charge is -2.35. The molecule has 0 radical (unpaired) electrons. The van der Waals surface area contributed by atoms with E-state index < -0.39 is 6.10 Å². The number of piperidine rings is 1. The number of rotatable bonds is 4. The van der Waals surface area contributed by atoms with E-state index in [4.69, 9.17) is 9.47 Å². The first-order chi connectivity index (χ1) is 9.17. The van der Waals surface area contributed by atoms with Crippen LogP contribution in [0.1, 0.15) is 31.4 Å². The predicted molar refractivity (Wildman–Crippen MR) is 75.9 cm³/mol. The van der Waals surface area contributed by atoms with Crippen LogP contribution in [0.25, 0.3) is 0 Å². The molecular weight excluding hydrogens is 242 g/mol. The fraction of sp³-hybridized carbons (Fsp3) is 0.600. The van der Waals surface area contributed by atoms with Gasteiger partial charge in [-0.2, -0.15) is 0 Å². The summed E-state index contributed by atoms with van der Waals surface area (Å²) in [6.07, 6.45) is 1.92. The first-order valence-electron chi connectivity index (χ1n) is 6.80. The average Bonchev–Trinajstić information content (AvgIpc) is 2.46. The number of ether oxygens (including phenoxy) is 2. The summed E-state index contributed by atoms with van der Waals surface area (Å²) in [7, 11) is 3.40. The highest BCUT2D eigenvalue weighted by Gasteiger charge is 2.24. The molecule has 0 spiro atoms. The van der Waals surface area contributed by atoms with Crippen LogP contribution in [-0.2, 0) is 4.74 Å². The van der Waals surface area contributed by atoms with Gasteiger partial charge in [0, 0.05) is 31.5 Å². The molecule has 1 heterocycles. The van der Waals surface area contributed by atoms with Crippen LogP contribution in [0.3, 0.4) is 0 Å². The zero-order chi connectivity index (χ0) is 13.8. The Kier molecular flexibility index (Phi) is 4.66. The monoisotopic (exact) mass is 265 g/mol. The minimum Gasteiger partial charge on any atom is -0.496 e.